The predicted molar refractivity (Wildman–Crippen MR) is 73.5 cm³/mol. The summed E-state index contributed by atoms with van der Waals surface area (Å²) in [7, 11) is 0. The van der Waals surface area contributed by atoms with Crippen LogP contribution in [0, 0.1) is 5.21 Å². The van der Waals surface area contributed by atoms with E-state index in [-0.39, 0.29) is 0 Å². The van der Waals surface area contributed by atoms with Gasteiger partial charge in [0, 0.05) is 12.1 Å². The standard InChI is InChI=1S/C15H9N3O/c19-18-9-3-4-10-14(18)8-7-13-15(10)17-12-6-2-1-5-11(12)16-13/h1-9H. The van der Waals surface area contributed by atoms with Crippen molar-refractivity contribution in [2.24, 2.45) is 0 Å². The van der Waals surface area contributed by atoms with Crippen molar-refractivity contribution >= 4 is 33.0 Å². The Balaban J connectivity index is 2.26. The van der Waals surface area contributed by atoms with Crippen LogP contribution in [0.4, 0.5) is 0 Å². The second kappa shape index (κ2) is 3.62. The van der Waals surface area contributed by atoms with Gasteiger partial charge in [0.25, 0.3) is 0 Å². The molecule has 0 radical (unpaired) electrons. The van der Waals surface area contributed by atoms with Crippen LogP contribution in [0.25, 0.3) is 33.0 Å². The van der Waals surface area contributed by atoms with Crippen molar-refractivity contribution in [3.8, 4) is 0 Å². The summed E-state index contributed by atoms with van der Waals surface area (Å²) in [5, 5.41) is 12.6. The molecule has 0 aliphatic rings. The van der Waals surface area contributed by atoms with E-state index in [4.69, 9.17) is 0 Å². The number of para-hydroxylation sites is 2. The summed E-state index contributed by atoms with van der Waals surface area (Å²) in [5.74, 6) is 0. The van der Waals surface area contributed by atoms with Gasteiger partial charge in [0.15, 0.2) is 6.20 Å². The van der Waals surface area contributed by atoms with Crippen LogP contribution in [0.1, 0.15) is 0 Å². The van der Waals surface area contributed by atoms with Crippen molar-refractivity contribution < 1.29 is 4.73 Å². The van der Waals surface area contributed by atoms with Gasteiger partial charge in [-0.1, -0.05) is 12.1 Å². The first-order chi connectivity index (χ1) is 9.33. The van der Waals surface area contributed by atoms with Gasteiger partial charge < -0.3 is 5.21 Å². The Morgan fingerprint density at radius 3 is 2.42 bits per heavy atom. The maximum atomic E-state index is 11.8. The predicted octanol–water partition coefficient (Wildman–Crippen LogP) is 2.57. The molecule has 0 saturated heterocycles. The highest BCUT2D eigenvalue weighted by atomic mass is 16.5. The first-order valence-electron chi connectivity index (χ1n) is 6.00. The van der Waals surface area contributed by atoms with E-state index in [2.05, 4.69) is 9.97 Å². The summed E-state index contributed by atoms with van der Waals surface area (Å²) in [5.41, 5.74) is 3.88. The number of aromatic nitrogens is 3. The van der Waals surface area contributed by atoms with Crippen molar-refractivity contribution in [3.05, 3.63) is 59.9 Å². The molecule has 19 heavy (non-hydrogen) atoms. The van der Waals surface area contributed by atoms with Crippen LogP contribution in [0.2, 0.25) is 0 Å². The minimum atomic E-state index is 0.611. The maximum absolute atomic E-state index is 11.8. The molecule has 0 atom stereocenters. The molecule has 4 rings (SSSR count). The lowest BCUT2D eigenvalue weighted by Gasteiger charge is -2.05. The second-order valence-corrected chi connectivity index (χ2v) is 4.41. The summed E-state index contributed by atoms with van der Waals surface area (Å²) in [6.07, 6.45) is 1.49. The normalized spacial score (nSPS) is 11.4. The van der Waals surface area contributed by atoms with Crippen LogP contribution in [-0.2, 0) is 0 Å². The highest BCUT2D eigenvalue weighted by molar-refractivity contribution is 6.03. The van der Waals surface area contributed by atoms with Crippen LogP contribution >= 0.6 is 0 Å². The molecule has 0 fully saturated rings. The molecule has 0 saturated carbocycles. The molecule has 0 unspecified atom stereocenters. The molecule has 2 aromatic heterocycles. The fraction of sp³-hybridized carbons (Fsp3) is 0. The van der Waals surface area contributed by atoms with Crippen molar-refractivity contribution in [1.82, 2.24) is 9.97 Å². The van der Waals surface area contributed by atoms with Crippen LogP contribution in [0.5, 0.6) is 0 Å². The third-order valence-corrected chi connectivity index (χ3v) is 3.25. The van der Waals surface area contributed by atoms with E-state index in [1.54, 1.807) is 12.1 Å². The van der Waals surface area contributed by atoms with Gasteiger partial charge >= 0.3 is 0 Å². The summed E-state index contributed by atoms with van der Waals surface area (Å²) >= 11 is 0. The minimum Gasteiger partial charge on any atom is -0.618 e. The zero-order valence-electron chi connectivity index (χ0n) is 9.95. The molecule has 4 aromatic rings. The highest BCUT2D eigenvalue weighted by Crippen LogP contribution is 2.22. The van der Waals surface area contributed by atoms with Crippen molar-refractivity contribution in [2.75, 3.05) is 0 Å². The molecule has 4 heteroatoms. The summed E-state index contributed by atoms with van der Waals surface area (Å²) in [6.45, 7) is 0. The van der Waals surface area contributed by atoms with E-state index in [1.165, 1.54) is 6.20 Å². The Morgan fingerprint density at radius 2 is 1.58 bits per heavy atom. The number of fused-ring (bicyclic) bond motifs is 4. The van der Waals surface area contributed by atoms with E-state index in [0.717, 1.165) is 32.2 Å². The molecule has 0 aliphatic heterocycles. The molecule has 0 aliphatic carbocycles. The molecular formula is C15H9N3O. The van der Waals surface area contributed by atoms with Crippen molar-refractivity contribution in [3.63, 3.8) is 0 Å². The molecule has 2 aromatic carbocycles. The number of nitrogens with zero attached hydrogens (tertiary/aromatic N) is 3. The minimum absolute atomic E-state index is 0.611. The van der Waals surface area contributed by atoms with Crippen molar-refractivity contribution in [2.45, 2.75) is 0 Å². The third kappa shape index (κ3) is 1.43. The third-order valence-electron chi connectivity index (χ3n) is 3.25. The smallest absolute Gasteiger partial charge is 0.226 e. The number of hydrogen-bond acceptors (Lipinski definition) is 3. The summed E-state index contributed by atoms with van der Waals surface area (Å²) in [6, 6.07) is 15.0. The number of benzene rings is 2. The Labute approximate surface area is 108 Å². The Kier molecular flexibility index (Phi) is 1.94. The average molecular weight is 247 g/mol. The lowest BCUT2D eigenvalue weighted by molar-refractivity contribution is -0.576. The van der Waals surface area contributed by atoms with E-state index in [1.807, 2.05) is 36.4 Å². The summed E-state index contributed by atoms with van der Waals surface area (Å²) < 4.78 is 0.853. The topological polar surface area (TPSA) is 52.7 Å². The van der Waals surface area contributed by atoms with Crippen LogP contribution < -0.4 is 4.73 Å². The molecule has 0 bridgehead atoms. The zero-order chi connectivity index (χ0) is 12.8. The van der Waals surface area contributed by atoms with Gasteiger partial charge in [0.05, 0.1) is 21.9 Å². The molecule has 2 heterocycles. The molecule has 0 amide bonds. The van der Waals surface area contributed by atoms with Gasteiger partial charge in [0.1, 0.15) is 5.52 Å². The molecular weight excluding hydrogens is 238 g/mol. The average Bonchev–Trinajstić information content (AvgIpc) is 2.45. The van der Waals surface area contributed by atoms with Crippen LogP contribution in [0.15, 0.2) is 54.7 Å². The molecule has 4 nitrogen and oxygen atoms in total. The van der Waals surface area contributed by atoms with Gasteiger partial charge in [-0.25, -0.2) is 9.97 Å². The maximum Gasteiger partial charge on any atom is 0.226 e. The quantitative estimate of drug-likeness (QED) is 0.208. The molecule has 90 valence electrons. The van der Waals surface area contributed by atoms with E-state index >= 15 is 0 Å². The fourth-order valence-corrected chi connectivity index (χ4v) is 2.35. The number of rotatable bonds is 0. The molecule has 0 spiro atoms. The van der Waals surface area contributed by atoms with Gasteiger partial charge in [-0.15, -0.1) is 0 Å². The lowest BCUT2D eigenvalue weighted by atomic mass is 10.1. The van der Waals surface area contributed by atoms with E-state index in [0.29, 0.717) is 5.52 Å². The Hall–Kier alpha value is -2.75. The monoisotopic (exact) mass is 247 g/mol. The van der Waals surface area contributed by atoms with E-state index < -0.39 is 0 Å². The Morgan fingerprint density at radius 1 is 0.789 bits per heavy atom. The first-order valence-corrected chi connectivity index (χ1v) is 6.00. The fourth-order valence-electron chi connectivity index (χ4n) is 2.35. The van der Waals surface area contributed by atoms with Crippen LogP contribution in [-0.4, -0.2) is 9.97 Å². The van der Waals surface area contributed by atoms with Gasteiger partial charge in [0.2, 0.25) is 5.52 Å². The van der Waals surface area contributed by atoms with Gasteiger partial charge in [-0.2, -0.15) is 4.73 Å². The summed E-state index contributed by atoms with van der Waals surface area (Å²) in [4.78, 5) is 9.22. The Bertz CT molecular complexity index is 934. The van der Waals surface area contributed by atoms with Gasteiger partial charge in [-0.05, 0) is 24.3 Å². The number of pyridine rings is 1. The SMILES string of the molecule is [O-][n+]1cccc2c3nc4ccccc4nc3ccc21. The first kappa shape index (κ1) is 10.2. The van der Waals surface area contributed by atoms with Crippen LogP contribution in [0.3, 0.4) is 0 Å². The lowest BCUT2D eigenvalue weighted by Crippen LogP contribution is -2.25. The molecule has 0 N–H and O–H groups in total. The van der Waals surface area contributed by atoms with E-state index in [9.17, 15) is 5.21 Å². The largest absolute Gasteiger partial charge is 0.618 e. The van der Waals surface area contributed by atoms with Crippen molar-refractivity contribution in [1.29, 1.82) is 0 Å². The van der Waals surface area contributed by atoms with Gasteiger partial charge in [-0.3, -0.25) is 0 Å². The second-order valence-electron chi connectivity index (χ2n) is 4.41. The number of hydrogen-bond donors (Lipinski definition) is 0. The zero-order valence-corrected chi connectivity index (χ0v) is 9.95. The highest BCUT2D eigenvalue weighted by Gasteiger charge is 2.09.